The number of ether oxygens (including phenoxy) is 2. The molecule has 4 rings (SSSR count). The molecular formula is C27H27F2N3O3S. The van der Waals surface area contributed by atoms with Gasteiger partial charge in [0.25, 0.3) is 5.91 Å². The van der Waals surface area contributed by atoms with E-state index in [-0.39, 0.29) is 24.1 Å². The van der Waals surface area contributed by atoms with Gasteiger partial charge in [-0.25, -0.2) is 13.5 Å². The smallest absolute Gasteiger partial charge is 0.264 e. The molecule has 0 aliphatic heterocycles. The van der Waals surface area contributed by atoms with Crippen molar-refractivity contribution in [1.29, 1.82) is 0 Å². The van der Waals surface area contributed by atoms with Crippen LogP contribution in [0.3, 0.4) is 0 Å². The van der Waals surface area contributed by atoms with Crippen molar-refractivity contribution >= 4 is 17.2 Å². The monoisotopic (exact) mass is 511 g/mol. The first-order valence-corrected chi connectivity index (χ1v) is 12.5. The fraction of sp³-hybridized carbons (Fsp3) is 0.259. The number of halogens is 2. The maximum Gasteiger partial charge on any atom is 0.264 e. The summed E-state index contributed by atoms with van der Waals surface area (Å²) in [5.41, 5.74) is 2.04. The molecule has 0 saturated heterocycles. The van der Waals surface area contributed by atoms with Crippen LogP contribution in [0.15, 0.2) is 60.0 Å². The Hall–Kier alpha value is -3.72. The van der Waals surface area contributed by atoms with Crippen LogP contribution >= 0.6 is 11.3 Å². The summed E-state index contributed by atoms with van der Waals surface area (Å²) in [4.78, 5) is 15.6. The molecule has 0 saturated carbocycles. The van der Waals surface area contributed by atoms with Gasteiger partial charge in [-0.05, 0) is 60.7 Å². The summed E-state index contributed by atoms with van der Waals surface area (Å²) < 4.78 is 41.1. The minimum absolute atomic E-state index is 0.0926. The molecule has 2 aromatic heterocycles. The number of hydrogen-bond acceptors (Lipinski definition) is 5. The Bertz CT molecular complexity index is 1320. The summed E-state index contributed by atoms with van der Waals surface area (Å²) in [6.07, 6.45) is 1.32. The van der Waals surface area contributed by atoms with Gasteiger partial charge in [0.1, 0.15) is 11.6 Å². The second-order valence-corrected chi connectivity index (χ2v) is 9.02. The van der Waals surface area contributed by atoms with Crippen molar-refractivity contribution in [3.8, 4) is 23.1 Å². The van der Waals surface area contributed by atoms with E-state index in [2.05, 4.69) is 0 Å². The molecule has 4 aromatic rings. The van der Waals surface area contributed by atoms with E-state index in [1.165, 1.54) is 17.4 Å². The fourth-order valence-corrected chi connectivity index (χ4v) is 4.55. The summed E-state index contributed by atoms with van der Waals surface area (Å²) >= 11 is 1.38. The Morgan fingerprint density at radius 2 is 1.89 bits per heavy atom. The molecule has 0 unspecified atom stereocenters. The highest BCUT2D eigenvalue weighted by Gasteiger charge is 2.26. The standard InChI is InChI=1S/C27H27F2N3O3S/c1-4-14-31(26(33)25-7-6-15-36-25)17-21-23(5-2)30-32(19-9-11-20(34-3)12-10-19)27(21)35-24-13-8-18(28)16-22(24)29/h6-13,15-16H,4-5,14,17H2,1-3H3. The van der Waals surface area contributed by atoms with Gasteiger partial charge >= 0.3 is 0 Å². The van der Waals surface area contributed by atoms with Crippen LogP contribution in [0.2, 0.25) is 0 Å². The molecule has 0 radical (unpaired) electrons. The van der Waals surface area contributed by atoms with Crippen LogP contribution in [-0.2, 0) is 13.0 Å². The maximum atomic E-state index is 14.6. The van der Waals surface area contributed by atoms with Crippen molar-refractivity contribution in [2.75, 3.05) is 13.7 Å². The Balaban J connectivity index is 1.82. The molecule has 188 valence electrons. The highest BCUT2D eigenvalue weighted by atomic mass is 32.1. The van der Waals surface area contributed by atoms with Crippen LogP contribution in [0.1, 0.15) is 41.2 Å². The number of thiophene rings is 1. The predicted octanol–water partition coefficient (Wildman–Crippen LogP) is 6.63. The second-order valence-electron chi connectivity index (χ2n) is 8.07. The number of aryl methyl sites for hydroxylation is 1. The first kappa shape index (κ1) is 25.4. The van der Waals surface area contributed by atoms with Crippen LogP contribution < -0.4 is 9.47 Å². The lowest BCUT2D eigenvalue weighted by molar-refractivity contribution is 0.0747. The van der Waals surface area contributed by atoms with E-state index < -0.39 is 11.6 Å². The zero-order valence-corrected chi connectivity index (χ0v) is 21.1. The van der Waals surface area contributed by atoms with E-state index in [9.17, 15) is 13.6 Å². The Kier molecular flexibility index (Phi) is 8.00. The average molecular weight is 512 g/mol. The van der Waals surface area contributed by atoms with E-state index in [0.717, 1.165) is 18.6 Å². The maximum absolute atomic E-state index is 14.6. The SMILES string of the molecule is CCCN(Cc1c(CC)nn(-c2ccc(OC)cc2)c1Oc1ccc(F)cc1F)C(=O)c1cccs1. The molecule has 0 N–H and O–H groups in total. The lowest BCUT2D eigenvalue weighted by Gasteiger charge is -2.22. The van der Waals surface area contributed by atoms with E-state index >= 15 is 0 Å². The van der Waals surface area contributed by atoms with Crippen LogP contribution in [0.25, 0.3) is 5.69 Å². The van der Waals surface area contributed by atoms with Gasteiger partial charge in [-0.15, -0.1) is 11.3 Å². The van der Waals surface area contributed by atoms with Gasteiger partial charge in [0.05, 0.1) is 35.5 Å². The van der Waals surface area contributed by atoms with E-state index in [1.54, 1.807) is 34.9 Å². The number of amides is 1. The summed E-state index contributed by atoms with van der Waals surface area (Å²) in [5, 5.41) is 6.62. The molecule has 0 spiro atoms. The third-order valence-electron chi connectivity index (χ3n) is 5.63. The zero-order chi connectivity index (χ0) is 25.7. The van der Waals surface area contributed by atoms with Crippen molar-refractivity contribution in [2.24, 2.45) is 0 Å². The highest BCUT2D eigenvalue weighted by Crippen LogP contribution is 2.34. The second kappa shape index (κ2) is 11.3. The largest absolute Gasteiger partial charge is 0.497 e. The van der Waals surface area contributed by atoms with Crippen molar-refractivity contribution in [3.63, 3.8) is 0 Å². The molecule has 2 aromatic carbocycles. The molecule has 36 heavy (non-hydrogen) atoms. The molecule has 0 aliphatic rings. The van der Waals surface area contributed by atoms with Crippen molar-refractivity contribution in [1.82, 2.24) is 14.7 Å². The first-order chi connectivity index (χ1) is 17.4. The number of carbonyl (C=O) groups excluding carboxylic acids is 1. The molecule has 6 nitrogen and oxygen atoms in total. The fourth-order valence-electron chi connectivity index (χ4n) is 3.86. The number of methoxy groups -OCH3 is 1. The zero-order valence-electron chi connectivity index (χ0n) is 20.3. The predicted molar refractivity (Wildman–Crippen MR) is 135 cm³/mol. The minimum atomic E-state index is -0.832. The van der Waals surface area contributed by atoms with Crippen LogP contribution in [-0.4, -0.2) is 34.2 Å². The van der Waals surface area contributed by atoms with Gasteiger partial charge in [-0.1, -0.05) is 19.9 Å². The normalized spacial score (nSPS) is 10.9. The lowest BCUT2D eigenvalue weighted by Crippen LogP contribution is -2.31. The van der Waals surface area contributed by atoms with Crippen LogP contribution in [0.5, 0.6) is 17.4 Å². The van der Waals surface area contributed by atoms with Gasteiger partial charge in [0, 0.05) is 12.6 Å². The van der Waals surface area contributed by atoms with Crippen LogP contribution in [0, 0.1) is 11.6 Å². The third kappa shape index (κ3) is 5.41. The van der Waals surface area contributed by atoms with Gasteiger partial charge in [-0.3, -0.25) is 4.79 Å². The molecule has 0 aliphatic carbocycles. The number of benzene rings is 2. The van der Waals surface area contributed by atoms with Crippen molar-refractivity contribution < 1.29 is 23.0 Å². The number of aromatic nitrogens is 2. The van der Waals surface area contributed by atoms with E-state index in [4.69, 9.17) is 14.6 Å². The van der Waals surface area contributed by atoms with Crippen molar-refractivity contribution in [3.05, 3.63) is 87.7 Å². The molecular weight excluding hydrogens is 484 g/mol. The summed E-state index contributed by atoms with van der Waals surface area (Å²) in [7, 11) is 1.58. The molecule has 0 bridgehead atoms. The summed E-state index contributed by atoms with van der Waals surface area (Å²) in [6, 6.07) is 14.0. The summed E-state index contributed by atoms with van der Waals surface area (Å²) in [6.45, 7) is 4.71. The number of nitrogens with zero attached hydrogens (tertiary/aromatic N) is 3. The lowest BCUT2D eigenvalue weighted by atomic mass is 10.1. The van der Waals surface area contributed by atoms with Gasteiger partial charge in [0.15, 0.2) is 11.6 Å². The molecule has 0 fully saturated rings. The van der Waals surface area contributed by atoms with Gasteiger partial charge in [0.2, 0.25) is 5.88 Å². The topological polar surface area (TPSA) is 56.6 Å². The third-order valence-corrected chi connectivity index (χ3v) is 6.49. The number of carbonyl (C=O) groups is 1. The van der Waals surface area contributed by atoms with Gasteiger partial charge in [-0.2, -0.15) is 5.10 Å². The first-order valence-electron chi connectivity index (χ1n) is 11.7. The number of hydrogen-bond donors (Lipinski definition) is 0. The Labute approximate surface area is 212 Å². The van der Waals surface area contributed by atoms with E-state index in [0.29, 0.717) is 40.5 Å². The van der Waals surface area contributed by atoms with Gasteiger partial charge < -0.3 is 14.4 Å². The van der Waals surface area contributed by atoms with Crippen LogP contribution in [0.4, 0.5) is 8.78 Å². The quantitative estimate of drug-likeness (QED) is 0.240. The molecule has 9 heteroatoms. The summed E-state index contributed by atoms with van der Waals surface area (Å²) in [5.74, 6) is -0.825. The van der Waals surface area contributed by atoms with Crippen molar-refractivity contribution in [2.45, 2.75) is 33.2 Å². The molecule has 1 amide bonds. The Morgan fingerprint density at radius 1 is 1.11 bits per heavy atom. The highest BCUT2D eigenvalue weighted by molar-refractivity contribution is 7.12. The van der Waals surface area contributed by atoms with E-state index in [1.807, 2.05) is 37.4 Å². The Morgan fingerprint density at radius 3 is 2.50 bits per heavy atom. The minimum Gasteiger partial charge on any atom is -0.497 e. The number of rotatable bonds is 10. The average Bonchev–Trinajstić information content (AvgIpc) is 3.54. The molecule has 2 heterocycles. The molecule has 0 atom stereocenters.